The highest BCUT2D eigenvalue weighted by Crippen LogP contribution is 2.41. The molecule has 1 fully saturated rings. The van der Waals surface area contributed by atoms with Crippen molar-refractivity contribution in [3.8, 4) is 0 Å². The van der Waals surface area contributed by atoms with Crippen LogP contribution in [-0.4, -0.2) is 6.29 Å². The molecular formula is C13H15FO. The van der Waals surface area contributed by atoms with Crippen LogP contribution in [0.3, 0.4) is 0 Å². The maximum absolute atomic E-state index is 13.7. The summed E-state index contributed by atoms with van der Waals surface area (Å²) in [6.45, 7) is 1.94. The van der Waals surface area contributed by atoms with E-state index in [9.17, 15) is 9.18 Å². The van der Waals surface area contributed by atoms with E-state index >= 15 is 0 Å². The van der Waals surface area contributed by atoms with Gasteiger partial charge in [0.05, 0.1) is 0 Å². The Morgan fingerprint density at radius 1 is 1.53 bits per heavy atom. The largest absolute Gasteiger partial charge is 0.303 e. The number of hydrogen-bond acceptors (Lipinski definition) is 1. The average Bonchev–Trinajstić information content (AvgIpc) is 3.01. The molecule has 0 amide bonds. The zero-order valence-corrected chi connectivity index (χ0v) is 8.87. The van der Waals surface area contributed by atoms with Crippen LogP contribution in [0.1, 0.15) is 49.1 Å². The molecule has 2 heteroatoms. The number of halogens is 1. The summed E-state index contributed by atoms with van der Waals surface area (Å²) in [6.07, 6.45) is 3.57. The van der Waals surface area contributed by atoms with Gasteiger partial charge in [-0.3, -0.25) is 0 Å². The zero-order valence-electron chi connectivity index (χ0n) is 8.87. The highest BCUT2D eigenvalue weighted by molar-refractivity contribution is 5.51. The van der Waals surface area contributed by atoms with Crippen molar-refractivity contribution in [3.05, 3.63) is 35.1 Å². The Balaban J connectivity index is 2.20. The quantitative estimate of drug-likeness (QED) is 0.690. The van der Waals surface area contributed by atoms with Gasteiger partial charge in [-0.2, -0.15) is 0 Å². The maximum Gasteiger partial charge on any atom is 0.126 e. The predicted octanol–water partition coefficient (Wildman–Crippen LogP) is 3.40. The zero-order chi connectivity index (χ0) is 10.8. The number of aldehydes is 1. The van der Waals surface area contributed by atoms with E-state index in [1.807, 2.05) is 19.1 Å². The monoisotopic (exact) mass is 206 g/mol. The SMILES string of the molecule is CC(CC=O)c1ccc(C2CC2)c(F)c1. The molecule has 1 atom stereocenters. The second kappa shape index (κ2) is 4.13. The highest BCUT2D eigenvalue weighted by atomic mass is 19.1. The lowest BCUT2D eigenvalue weighted by Gasteiger charge is -2.10. The molecule has 0 heterocycles. The van der Waals surface area contributed by atoms with Crippen molar-refractivity contribution in [3.63, 3.8) is 0 Å². The lowest BCUT2D eigenvalue weighted by atomic mass is 9.96. The van der Waals surface area contributed by atoms with E-state index in [2.05, 4.69) is 0 Å². The minimum absolute atomic E-state index is 0.104. The van der Waals surface area contributed by atoms with E-state index < -0.39 is 0 Å². The van der Waals surface area contributed by atoms with Gasteiger partial charge in [-0.1, -0.05) is 19.1 Å². The summed E-state index contributed by atoms with van der Waals surface area (Å²) >= 11 is 0. The molecule has 1 unspecified atom stereocenters. The summed E-state index contributed by atoms with van der Waals surface area (Å²) in [5.74, 6) is 0.457. The molecule has 1 saturated carbocycles. The number of carbonyl (C=O) groups excluding carboxylic acids is 1. The van der Waals surface area contributed by atoms with Gasteiger partial charge >= 0.3 is 0 Å². The normalized spacial score (nSPS) is 17.5. The Labute approximate surface area is 89.3 Å². The fraction of sp³-hybridized carbons (Fsp3) is 0.462. The Morgan fingerprint density at radius 3 is 2.80 bits per heavy atom. The van der Waals surface area contributed by atoms with Crippen molar-refractivity contribution in [1.82, 2.24) is 0 Å². The molecule has 1 aromatic carbocycles. The summed E-state index contributed by atoms with van der Waals surface area (Å²) in [5, 5.41) is 0. The lowest BCUT2D eigenvalue weighted by molar-refractivity contribution is -0.108. The summed E-state index contributed by atoms with van der Waals surface area (Å²) < 4.78 is 13.7. The number of carbonyl (C=O) groups is 1. The van der Waals surface area contributed by atoms with Gasteiger partial charge in [-0.15, -0.1) is 0 Å². The molecule has 1 nitrogen and oxygen atoms in total. The van der Waals surface area contributed by atoms with Crippen molar-refractivity contribution in [1.29, 1.82) is 0 Å². The molecule has 0 spiro atoms. The average molecular weight is 206 g/mol. The van der Waals surface area contributed by atoms with Crippen molar-refractivity contribution in [2.45, 2.75) is 38.0 Å². The van der Waals surface area contributed by atoms with Gasteiger partial charge < -0.3 is 4.79 Å². The first-order valence-electron chi connectivity index (χ1n) is 5.45. The summed E-state index contributed by atoms with van der Waals surface area (Å²) in [4.78, 5) is 10.4. The summed E-state index contributed by atoms with van der Waals surface area (Å²) in [5.41, 5.74) is 1.76. The predicted molar refractivity (Wildman–Crippen MR) is 57.5 cm³/mol. The van der Waals surface area contributed by atoms with Crippen LogP contribution in [0.5, 0.6) is 0 Å². The third kappa shape index (κ3) is 2.25. The summed E-state index contributed by atoms with van der Waals surface area (Å²) in [6, 6.07) is 5.41. The van der Waals surface area contributed by atoms with E-state index in [1.54, 1.807) is 6.07 Å². The van der Waals surface area contributed by atoms with Crippen molar-refractivity contribution in [2.75, 3.05) is 0 Å². The van der Waals surface area contributed by atoms with Gasteiger partial charge in [0, 0.05) is 6.42 Å². The molecule has 15 heavy (non-hydrogen) atoms. The van der Waals surface area contributed by atoms with Crippen LogP contribution in [0.25, 0.3) is 0 Å². The second-order valence-corrected chi connectivity index (χ2v) is 4.36. The minimum atomic E-state index is -0.104. The molecule has 1 aromatic rings. The second-order valence-electron chi connectivity index (χ2n) is 4.36. The standard InChI is InChI=1S/C13H15FO/c1-9(6-7-15)11-4-5-12(10-2-3-10)13(14)8-11/h4-5,7-10H,2-3,6H2,1H3. The Bertz CT molecular complexity index is 369. The molecule has 0 aromatic heterocycles. The van der Waals surface area contributed by atoms with E-state index in [1.165, 1.54) is 0 Å². The number of hydrogen-bond donors (Lipinski definition) is 0. The molecule has 1 aliphatic rings. The lowest BCUT2D eigenvalue weighted by Crippen LogP contribution is -1.97. The van der Waals surface area contributed by atoms with Crippen LogP contribution in [0, 0.1) is 5.82 Å². The Morgan fingerprint density at radius 2 is 2.27 bits per heavy atom. The van der Waals surface area contributed by atoms with Gasteiger partial charge in [0.25, 0.3) is 0 Å². The summed E-state index contributed by atoms with van der Waals surface area (Å²) in [7, 11) is 0. The van der Waals surface area contributed by atoms with Crippen LogP contribution in [0.2, 0.25) is 0 Å². The molecule has 0 saturated heterocycles. The molecule has 2 rings (SSSR count). The van der Waals surface area contributed by atoms with Gasteiger partial charge in [0.2, 0.25) is 0 Å². The first-order valence-corrected chi connectivity index (χ1v) is 5.45. The van der Waals surface area contributed by atoms with Crippen molar-refractivity contribution >= 4 is 6.29 Å². The molecule has 0 aliphatic heterocycles. The molecular weight excluding hydrogens is 191 g/mol. The van der Waals surface area contributed by atoms with Crippen LogP contribution in [-0.2, 0) is 4.79 Å². The van der Waals surface area contributed by atoms with E-state index in [0.717, 1.165) is 30.3 Å². The van der Waals surface area contributed by atoms with E-state index in [-0.39, 0.29) is 11.7 Å². The topological polar surface area (TPSA) is 17.1 Å². The number of rotatable bonds is 4. The van der Waals surface area contributed by atoms with Crippen LogP contribution in [0.15, 0.2) is 18.2 Å². The van der Waals surface area contributed by atoms with E-state index in [4.69, 9.17) is 0 Å². The van der Waals surface area contributed by atoms with Gasteiger partial charge in [0.15, 0.2) is 0 Å². The van der Waals surface area contributed by atoms with Gasteiger partial charge in [-0.05, 0) is 41.9 Å². The first-order chi connectivity index (χ1) is 7.22. The van der Waals surface area contributed by atoms with Crippen molar-refractivity contribution < 1.29 is 9.18 Å². The van der Waals surface area contributed by atoms with Crippen LogP contribution in [0.4, 0.5) is 4.39 Å². The fourth-order valence-electron chi connectivity index (χ4n) is 1.86. The van der Waals surface area contributed by atoms with Crippen molar-refractivity contribution in [2.24, 2.45) is 0 Å². The first kappa shape index (κ1) is 10.3. The molecule has 0 bridgehead atoms. The molecule has 0 N–H and O–H groups in total. The highest BCUT2D eigenvalue weighted by Gasteiger charge is 2.26. The molecule has 0 radical (unpaired) electrons. The fourth-order valence-corrected chi connectivity index (χ4v) is 1.86. The third-order valence-electron chi connectivity index (χ3n) is 3.06. The molecule has 80 valence electrons. The minimum Gasteiger partial charge on any atom is -0.303 e. The molecule has 1 aliphatic carbocycles. The van der Waals surface area contributed by atoms with Gasteiger partial charge in [0.1, 0.15) is 12.1 Å². The van der Waals surface area contributed by atoms with E-state index in [0.29, 0.717) is 12.3 Å². The Kier molecular flexibility index (Phi) is 2.85. The van der Waals surface area contributed by atoms with Crippen LogP contribution < -0.4 is 0 Å². The third-order valence-corrected chi connectivity index (χ3v) is 3.06. The smallest absolute Gasteiger partial charge is 0.126 e. The maximum atomic E-state index is 13.7. The van der Waals surface area contributed by atoms with Crippen LogP contribution >= 0.6 is 0 Å². The number of benzene rings is 1. The van der Waals surface area contributed by atoms with Gasteiger partial charge in [-0.25, -0.2) is 4.39 Å². The Hall–Kier alpha value is -1.18.